The maximum absolute atomic E-state index is 4.12. The fourth-order valence-corrected chi connectivity index (χ4v) is 1.18. The monoisotopic (exact) mass is 246 g/mol. The van der Waals surface area contributed by atoms with Crippen LogP contribution in [0.1, 0.15) is 0 Å². The minimum atomic E-state index is 0.589. The standard InChI is InChI=1S/C13H19N5/c1-11(18(4)10-9-14-2)16-17-13-7-5-12(15-3)6-8-13/h5-10,14-15H,1H2,2-4H3/p+1. The molecule has 0 unspecified atom stereocenters. The summed E-state index contributed by atoms with van der Waals surface area (Å²) in [6.45, 7) is 3.84. The Labute approximate surface area is 108 Å². The highest BCUT2D eigenvalue weighted by Crippen LogP contribution is 2.17. The van der Waals surface area contributed by atoms with E-state index >= 15 is 0 Å². The number of azo groups is 1. The molecule has 0 aliphatic rings. The Kier molecular flexibility index (Phi) is 5.60. The molecule has 0 bridgehead atoms. The predicted octanol–water partition coefficient (Wildman–Crippen LogP) is 1.88. The lowest BCUT2D eigenvalue weighted by Crippen LogP contribution is -2.72. The van der Waals surface area contributed by atoms with Crippen LogP contribution in [0.5, 0.6) is 0 Å². The molecule has 5 heteroatoms. The molecule has 3 N–H and O–H groups in total. The molecule has 0 atom stereocenters. The van der Waals surface area contributed by atoms with Crippen molar-refractivity contribution < 1.29 is 5.32 Å². The van der Waals surface area contributed by atoms with Crippen LogP contribution in [-0.2, 0) is 0 Å². The van der Waals surface area contributed by atoms with E-state index in [1.165, 1.54) is 0 Å². The van der Waals surface area contributed by atoms with Crippen molar-refractivity contribution in [2.45, 2.75) is 0 Å². The molecule has 0 amide bonds. The molecule has 0 saturated carbocycles. The van der Waals surface area contributed by atoms with Crippen LogP contribution in [0.25, 0.3) is 0 Å². The zero-order chi connectivity index (χ0) is 13.4. The lowest BCUT2D eigenvalue weighted by atomic mass is 10.3. The van der Waals surface area contributed by atoms with Gasteiger partial charge in [0, 0.05) is 19.8 Å². The van der Waals surface area contributed by atoms with Gasteiger partial charge in [0.05, 0.1) is 18.9 Å². The lowest BCUT2D eigenvalue weighted by molar-refractivity contribution is -0.557. The van der Waals surface area contributed by atoms with Crippen molar-refractivity contribution >= 4 is 11.4 Å². The number of nitrogens with zero attached hydrogens (tertiary/aromatic N) is 3. The Bertz CT molecular complexity index is 433. The van der Waals surface area contributed by atoms with Crippen LogP contribution in [0.4, 0.5) is 11.4 Å². The summed E-state index contributed by atoms with van der Waals surface area (Å²) in [6.07, 6.45) is 3.80. The van der Waals surface area contributed by atoms with E-state index in [1.807, 2.05) is 68.0 Å². The Balaban J connectivity index is 2.62. The van der Waals surface area contributed by atoms with E-state index in [1.54, 1.807) is 0 Å². The summed E-state index contributed by atoms with van der Waals surface area (Å²) in [4.78, 5) is 1.81. The van der Waals surface area contributed by atoms with E-state index in [0.717, 1.165) is 11.4 Å². The van der Waals surface area contributed by atoms with E-state index in [0.29, 0.717) is 5.82 Å². The minimum Gasteiger partial charge on any atom is -0.388 e. The number of hydrogen-bond donors (Lipinski definition) is 2. The van der Waals surface area contributed by atoms with Crippen LogP contribution in [0, 0.1) is 0 Å². The third-order valence-electron chi connectivity index (χ3n) is 2.35. The molecule has 1 aromatic carbocycles. The van der Waals surface area contributed by atoms with E-state index in [-0.39, 0.29) is 0 Å². The molecular weight excluding hydrogens is 226 g/mol. The van der Waals surface area contributed by atoms with Crippen molar-refractivity contribution in [2.24, 2.45) is 10.2 Å². The summed E-state index contributed by atoms with van der Waals surface area (Å²) >= 11 is 0. The van der Waals surface area contributed by atoms with Gasteiger partial charge in [0.25, 0.3) is 0 Å². The SMILES string of the molecule is C=C(N=Nc1ccc(NC)cc1)N(C)C=C[NH2+]C. The summed E-state index contributed by atoms with van der Waals surface area (Å²) in [5.74, 6) is 0.589. The first kappa shape index (κ1) is 13.9. The second-order valence-electron chi connectivity index (χ2n) is 3.70. The van der Waals surface area contributed by atoms with Crippen LogP contribution in [0.2, 0.25) is 0 Å². The summed E-state index contributed by atoms with van der Waals surface area (Å²) < 4.78 is 0. The fraction of sp³-hybridized carbons (Fsp3) is 0.231. The average molecular weight is 246 g/mol. The number of hydrogen-bond acceptors (Lipinski definition) is 4. The van der Waals surface area contributed by atoms with E-state index in [2.05, 4.69) is 22.1 Å². The van der Waals surface area contributed by atoms with Gasteiger partial charge in [-0.2, -0.15) is 0 Å². The zero-order valence-electron chi connectivity index (χ0n) is 11.1. The number of benzene rings is 1. The summed E-state index contributed by atoms with van der Waals surface area (Å²) in [7, 11) is 5.72. The highest BCUT2D eigenvalue weighted by molar-refractivity contribution is 5.50. The molecular formula is C13H20N5+. The smallest absolute Gasteiger partial charge is 0.147 e. The van der Waals surface area contributed by atoms with Crippen LogP contribution in [-0.4, -0.2) is 26.0 Å². The summed E-state index contributed by atoms with van der Waals surface area (Å²) in [6, 6.07) is 7.70. The molecule has 1 rings (SSSR count). The van der Waals surface area contributed by atoms with Crippen molar-refractivity contribution in [2.75, 3.05) is 26.5 Å². The molecule has 18 heavy (non-hydrogen) atoms. The van der Waals surface area contributed by atoms with Gasteiger partial charge in [0.2, 0.25) is 0 Å². The second-order valence-corrected chi connectivity index (χ2v) is 3.70. The van der Waals surface area contributed by atoms with Crippen LogP contribution < -0.4 is 10.6 Å². The molecule has 0 fully saturated rings. The molecule has 96 valence electrons. The molecule has 0 saturated heterocycles. The van der Waals surface area contributed by atoms with Crippen molar-refractivity contribution in [3.8, 4) is 0 Å². The second kappa shape index (κ2) is 7.24. The van der Waals surface area contributed by atoms with E-state index in [9.17, 15) is 0 Å². The minimum absolute atomic E-state index is 0.589. The first-order chi connectivity index (χ1) is 8.67. The lowest BCUT2D eigenvalue weighted by Gasteiger charge is -2.10. The van der Waals surface area contributed by atoms with Gasteiger partial charge in [-0.15, -0.1) is 10.2 Å². The molecule has 0 aliphatic heterocycles. The third-order valence-corrected chi connectivity index (χ3v) is 2.35. The molecule has 1 aromatic rings. The van der Waals surface area contributed by atoms with Gasteiger partial charge < -0.3 is 15.5 Å². The number of nitrogens with two attached hydrogens (primary N) is 1. The number of rotatable bonds is 6. The number of anilines is 1. The van der Waals surface area contributed by atoms with Crippen LogP contribution in [0.3, 0.4) is 0 Å². The summed E-state index contributed by atoms with van der Waals surface area (Å²) in [5, 5.41) is 13.2. The zero-order valence-corrected chi connectivity index (χ0v) is 11.1. The predicted molar refractivity (Wildman–Crippen MR) is 74.4 cm³/mol. The third kappa shape index (κ3) is 4.39. The quantitative estimate of drug-likeness (QED) is 0.753. The topological polar surface area (TPSA) is 56.6 Å². The van der Waals surface area contributed by atoms with Gasteiger partial charge in [-0.05, 0) is 24.3 Å². The van der Waals surface area contributed by atoms with Gasteiger partial charge in [-0.3, -0.25) is 0 Å². The Morgan fingerprint density at radius 1 is 1.39 bits per heavy atom. The van der Waals surface area contributed by atoms with Gasteiger partial charge in [0.15, 0.2) is 0 Å². The number of nitrogens with one attached hydrogen (secondary N) is 1. The van der Waals surface area contributed by atoms with Crippen LogP contribution in [0.15, 0.2) is 59.3 Å². The Morgan fingerprint density at radius 2 is 2.06 bits per heavy atom. The van der Waals surface area contributed by atoms with Crippen molar-refractivity contribution in [1.29, 1.82) is 0 Å². The maximum atomic E-state index is 4.12. The van der Waals surface area contributed by atoms with Crippen molar-refractivity contribution in [1.82, 2.24) is 4.90 Å². The fourth-order valence-electron chi connectivity index (χ4n) is 1.18. The van der Waals surface area contributed by atoms with Crippen molar-refractivity contribution in [3.05, 3.63) is 49.1 Å². The first-order valence-electron chi connectivity index (χ1n) is 5.75. The highest BCUT2D eigenvalue weighted by atomic mass is 15.3. The molecule has 0 aliphatic carbocycles. The van der Waals surface area contributed by atoms with Crippen molar-refractivity contribution in [3.63, 3.8) is 0 Å². The maximum Gasteiger partial charge on any atom is 0.147 e. The normalized spacial score (nSPS) is 11.1. The molecule has 0 spiro atoms. The van der Waals surface area contributed by atoms with Crippen LogP contribution >= 0.6 is 0 Å². The van der Waals surface area contributed by atoms with E-state index in [4.69, 9.17) is 0 Å². The Morgan fingerprint density at radius 3 is 2.61 bits per heavy atom. The Hall–Kier alpha value is -2.14. The molecule has 0 aromatic heterocycles. The summed E-state index contributed by atoms with van der Waals surface area (Å²) in [5.41, 5.74) is 1.85. The molecule has 0 heterocycles. The van der Waals surface area contributed by atoms with Gasteiger partial charge >= 0.3 is 0 Å². The van der Waals surface area contributed by atoms with Gasteiger partial charge in [0.1, 0.15) is 12.0 Å². The molecule has 0 radical (unpaired) electrons. The molecule has 5 nitrogen and oxygen atoms in total. The average Bonchev–Trinajstić information content (AvgIpc) is 2.42. The highest BCUT2D eigenvalue weighted by Gasteiger charge is 1.96. The van der Waals surface area contributed by atoms with Gasteiger partial charge in [-0.1, -0.05) is 6.58 Å². The van der Waals surface area contributed by atoms with E-state index < -0.39 is 0 Å². The first-order valence-corrected chi connectivity index (χ1v) is 5.75. The largest absolute Gasteiger partial charge is 0.388 e. The number of quaternary nitrogens is 1. The van der Waals surface area contributed by atoms with Gasteiger partial charge in [-0.25, -0.2) is 0 Å².